The van der Waals surface area contributed by atoms with Crippen LogP contribution >= 0.6 is 0 Å². The molecule has 1 spiro atoms. The average molecular weight is 352 g/mol. The molecule has 4 rings (SSSR count). The van der Waals surface area contributed by atoms with E-state index in [9.17, 15) is 8.42 Å². The largest absolute Gasteiger partial charge is 0.371 e. The van der Waals surface area contributed by atoms with Crippen LogP contribution < -0.4 is 5.32 Å². The number of aromatic nitrogens is 2. The summed E-state index contributed by atoms with van der Waals surface area (Å²) in [5, 5.41) is 11.4. The van der Waals surface area contributed by atoms with Crippen LogP contribution in [0.5, 0.6) is 0 Å². The molecule has 3 aliphatic rings. The van der Waals surface area contributed by atoms with Crippen LogP contribution in [0.15, 0.2) is 12.1 Å². The number of rotatable bonds is 4. The molecular formula is C16H24N4O3S. The minimum Gasteiger partial charge on any atom is -0.371 e. The predicted octanol–water partition coefficient (Wildman–Crippen LogP) is 1.31. The molecule has 0 bridgehead atoms. The van der Waals surface area contributed by atoms with Gasteiger partial charge in [-0.25, -0.2) is 8.42 Å². The number of aryl methyl sites for hydroxylation is 1. The van der Waals surface area contributed by atoms with Crippen molar-refractivity contribution in [2.24, 2.45) is 0 Å². The molecule has 24 heavy (non-hydrogen) atoms. The summed E-state index contributed by atoms with van der Waals surface area (Å²) in [7, 11) is -3.12. The van der Waals surface area contributed by atoms with E-state index in [1.165, 1.54) is 0 Å². The molecule has 1 aromatic rings. The van der Waals surface area contributed by atoms with Gasteiger partial charge < -0.3 is 10.1 Å². The van der Waals surface area contributed by atoms with Crippen LogP contribution in [0.3, 0.4) is 0 Å². The molecule has 2 aliphatic heterocycles. The Hall–Kier alpha value is -1.25. The summed E-state index contributed by atoms with van der Waals surface area (Å²) in [6, 6.07) is 3.98. The maximum Gasteiger partial charge on any atom is 0.217 e. The molecule has 0 radical (unpaired) electrons. The van der Waals surface area contributed by atoms with Gasteiger partial charge in [-0.1, -0.05) is 0 Å². The van der Waals surface area contributed by atoms with Gasteiger partial charge in [0, 0.05) is 19.5 Å². The van der Waals surface area contributed by atoms with E-state index in [1.54, 1.807) is 4.31 Å². The Labute approximate surface area is 142 Å². The number of anilines is 1. The maximum absolute atomic E-state index is 12.5. The van der Waals surface area contributed by atoms with Crippen molar-refractivity contribution < 1.29 is 13.2 Å². The number of sulfonamides is 1. The summed E-state index contributed by atoms with van der Waals surface area (Å²) in [5.41, 5.74) is 0.531. The third-order valence-electron chi connectivity index (χ3n) is 5.17. The van der Waals surface area contributed by atoms with Crippen molar-refractivity contribution in [2.45, 2.75) is 55.9 Å². The van der Waals surface area contributed by atoms with Crippen LogP contribution in [0.2, 0.25) is 0 Å². The second kappa shape index (κ2) is 5.93. The van der Waals surface area contributed by atoms with E-state index >= 15 is 0 Å². The second-order valence-electron chi connectivity index (χ2n) is 7.28. The number of hydrogen-bond acceptors (Lipinski definition) is 6. The van der Waals surface area contributed by atoms with Gasteiger partial charge >= 0.3 is 0 Å². The minimum atomic E-state index is -3.12. The van der Waals surface area contributed by atoms with Gasteiger partial charge in [0.05, 0.1) is 29.2 Å². The topological polar surface area (TPSA) is 84.4 Å². The summed E-state index contributed by atoms with van der Waals surface area (Å²) in [6.07, 6.45) is 4.20. The molecule has 3 heterocycles. The van der Waals surface area contributed by atoms with Crippen molar-refractivity contribution in [2.75, 3.05) is 25.0 Å². The highest BCUT2D eigenvalue weighted by molar-refractivity contribution is 7.90. The van der Waals surface area contributed by atoms with Gasteiger partial charge in [-0.2, -0.15) is 9.40 Å². The molecule has 0 unspecified atom stereocenters. The normalized spacial score (nSPS) is 31.5. The molecule has 1 N–H and O–H groups in total. The first-order chi connectivity index (χ1) is 11.5. The molecule has 8 heteroatoms. The SMILES string of the molecule is Cc1ccc(N[C@H]2CO[C@@]3(CCCN(S(=O)(=O)C4CC4)C3)C2)nn1. The summed E-state index contributed by atoms with van der Waals surface area (Å²) >= 11 is 0. The number of nitrogens with zero attached hydrogens (tertiary/aromatic N) is 3. The Morgan fingerprint density at radius 2 is 2.17 bits per heavy atom. The zero-order valence-electron chi connectivity index (χ0n) is 13.9. The Kier molecular flexibility index (Phi) is 4.01. The fourth-order valence-corrected chi connectivity index (χ4v) is 5.71. The molecule has 3 fully saturated rings. The zero-order valence-corrected chi connectivity index (χ0v) is 14.8. The van der Waals surface area contributed by atoms with E-state index in [4.69, 9.17) is 4.74 Å². The smallest absolute Gasteiger partial charge is 0.217 e. The molecule has 1 aliphatic carbocycles. The summed E-state index contributed by atoms with van der Waals surface area (Å²) in [6.45, 7) is 3.60. The van der Waals surface area contributed by atoms with E-state index in [-0.39, 0.29) is 16.9 Å². The molecule has 2 atom stereocenters. The van der Waals surface area contributed by atoms with Crippen molar-refractivity contribution in [3.63, 3.8) is 0 Å². The van der Waals surface area contributed by atoms with Crippen LogP contribution in [0, 0.1) is 6.92 Å². The predicted molar refractivity (Wildman–Crippen MR) is 90.2 cm³/mol. The number of hydrogen-bond donors (Lipinski definition) is 1. The summed E-state index contributed by atoms with van der Waals surface area (Å²) < 4.78 is 32.8. The first kappa shape index (κ1) is 16.2. The summed E-state index contributed by atoms with van der Waals surface area (Å²) in [4.78, 5) is 0. The van der Waals surface area contributed by atoms with E-state index in [0.717, 1.165) is 43.6 Å². The monoisotopic (exact) mass is 352 g/mol. The lowest BCUT2D eigenvalue weighted by Crippen LogP contribution is -2.51. The molecule has 1 saturated carbocycles. The maximum atomic E-state index is 12.5. The van der Waals surface area contributed by atoms with Crippen LogP contribution in [0.4, 0.5) is 5.82 Å². The van der Waals surface area contributed by atoms with Crippen molar-refractivity contribution in [1.29, 1.82) is 0 Å². The first-order valence-corrected chi connectivity index (χ1v) is 10.2. The molecule has 1 aromatic heterocycles. The lowest BCUT2D eigenvalue weighted by molar-refractivity contribution is -0.0329. The number of nitrogens with one attached hydrogen (secondary N) is 1. The molecule has 2 saturated heterocycles. The van der Waals surface area contributed by atoms with Crippen LogP contribution in [0.25, 0.3) is 0 Å². The van der Waals surface area contributed by atoms with E-state index in [0.29, 0.717) is 19.7 Å². The van der Waals surface area contributed by atoms with Crippen LogP contribution in [0.1, 0.15) is 37.8 Å². The quantitative estimate of drug-likeness (QED) is 0.880. The second-order valence-corrected chi connectivity index (χ2v) is 9.49. The lowest BCUT2D eigenvalue weighted by atomic mass is 9.90. The highest BCUT2D eigenvalue weighted by Crippen LogP contribution is 2.39. The fourth-order valence-electron chi connectivity index (χ4n) is 3.76. The zero-order chi connectivity index (χ0) is 16.8. The van der Waals surface area contributed by atoms with Crippen LogP contribution in [-0.2, 0) is 14.8 Å². The standard InChI is InChI=1S/C16H24N4O3S/c1-12-3-6-15(19-18-12)17-13-9-16(23-10-13)7-2-8-20(11-16)24(21,22)14-4-5-14/h3,6,13-14H,2,4-5,7-11H2,1H3,(H,17,19)/t13-,16+/m1/s1. The molecule has 132 valence electrons. The summed E-state index contributed by atoms with van der Waals surface area (Å²) in [5.74, 6) is 0.740. The third kappa shape index (κ3) is 3.14. The van der Waals surface area contributed by atoms with Gasteiger partial charge in [0.15, 0.2) is 0 Å². The fraction of sp³-hybridized carbons (Fsp3) is 0.750. The van der Waals surface area contributed by atoms with Gasteiger partial charge in [0.1, 0.15) is 5.82 Å². The Morgan fingerprint density at radius 3 is 2.88 bits per heavy atom. The van der Waals surface area contributed by atoms with E-state index in [2.05, 4.69) is 15.5 Å². The minimum absolute atomic E-state index is 0.144. The van der Waals surface area contributed by atoms with Gasteiger partial charge in [-0.3, -0.25) is 0 Å². The van der Waals surface area contributed by atoms with Gasteiger partial charge in [-0.15, -0.1) is 5.10 Å². The first-order valence-electron chi connectivity index (χ1n) is 8.67. The van der Waals surface area contributed by atoms with Gasteiger partial charge in [-0.05, 0) is 44.7 Å². The molecule has 0 amide bonds. The van der Waals surface area contributed by atoms with E-state index < -0.39 is 10.0 Å². The van der Waals surface area contributed by atoms with Crippen LogP contribution in [-0.4, -0.2) is 59.5 Å². The highest BCUT2D eigenvalue weighted by atomic mass is 32.2. The Bertz CT molecular complexity index is 705. The van der Waals surface area contributed by atoms with Crippen molar-refractivity contribution in [1.82, 2.24) is 14.5 Å². The van der Waals surface area contributed by atoms with E-state index in [1.807, 2.05) is 19.1 Å². The van der Waals surface area contributed by atoms with Gasteiger partial charge in [0.25, 0.3) is 0 Å². The molecular weight excluding hydrogens is 328 g/mol. The highest BCUT2D eigenvalue weighted by Gasteiger charge is 2.49. The van der Waals surface area contributed by atoms with Crippen molar-refractivity contribution >= 4 is 15.8 Å². The Balaban J connectivity index is 1.42. The van der Waals surface area contributed by atoms with Crippen molar-refractivity contribution in [3.05, 3.63) is 17.8 Å². The molecule has 7 nitrogen and oxygen atoms in total. The number of piperidine rings is 1. The Morgan fingerprint density at radius 1 is 1.33 bits per heavy atom. The average Bonchev–Trinajstić information content (AvgIpc) is 3.36. The number of ether oxygens (including phenoxy) is 1. The van der Waals surface area contributed by atoms with Gasteiger partial charge in [0.2, 0.25) is 10.0 Å². The lowest BCUT2D eigenvalue weighted by Gasteiger charge is -2.39. The third-order valence-corrected chi connectivity index (χ3v) is 7.51. The van der Waals surface area contributed by atoms with Crippen molar-refractivity contribution in [3.8, 4) is 0 Å². The molecule has 0 aromatic carbocycles.